The summed E-state index contributed by atoms with van der Waals surface area (Å²) in [6, 6.07) is 4.38. The van der Waals surface area contributed by atoms with Crippen LogP contribution in [0.3, 0.4) is 0 Å². The zero-order valence-electron chi connectivity index (χ0n) is 11.4. The summed E-state index contributed by atoms with van der Waals surface area (Å²) >= 11 is 0. The molecular formula is C14H18N2O4. The fraction of sp³-hybridized carbons (Fsp3) is 0.500. The Labute approximate surface area is 116 Å². The Morgan fingerprint density at radius 1 is 1.45 bits per heavy atom. The monoisotopic (exact) mass is 278 g/mol. The van der Waals surface area contributed by atoms with Gasteiger partial charge in [-0.1, -0.05) is 13.0 Å². The van der Waals surface area contributed by atoms with Gasteiger partial charge in [0, 0.05) is 19.2 Å². The van der Waals surface area contributed by atoms with E-state index in [0.29, 0.717) is 25.8 Å². The van der Waals surface area contributed by atoms with E-state index in [1.807, 2.05) is 6.92 Å². The number of carbonyl (C=O) groups excluding carboxylic acids is 1. The van der Waals surface area contributed by atoms with Crippen LogP contribution < -0.4 is 5.56 Å². The van der Waals surface area contributed by atoms with Crippen molar-refractivity contribution in [1.29, 1.82) is 0 Å². The molecule has 0 spiro atoms. The van der Waals surface area contributed by atoms with E-state index in [9.17, 15) is 19.5 Å². The van der Waals surface area contributed by atoms with Gasteiger partial charge in [-0.15, -0.1) is 0 Å². The number of carboxylic acid groups (broad SMARTS) is 1. The molecule has 2 N–H and O–H groups in total. The average molecular weight is 278 g/mol. The average Bonchev–Trinajstić information content (AvgIpc) is 2.46. The normalized spacial score (nSPS) is 22.6. The van der Waals surface area contributed by atoms with E-state index in [-0.39, 0.29) is 23.7 Å². The van der Waals surface area contributed by atoms with Crippen LogP contribution in [0, 0.1) is 5.41 Å². The predicted molar refractivity (Wildman–Crippen MR) is 72.6 cm³/mol. The highest BCUT2D eigenvalue weighted by Crippen LogP contribution is 2.34. The molecule has 1 aromatic heterocycles. The van der Waals surface area contributed by atoms with E-state index in [1.165, 1.54) is 23.1 Å². The van der Waals surface area contributed by atoms with Gasteiger partial charge < -0.3 is 15.0 Å². The first-order valence-corrected chi connectivity index (χ1v) is 6.70. The van der Waals surface area contributed by atoms with Crippen molar-refractivity contribution in [3.8, 4) is 0 Å². The third-order valence-electron chi connectivity index (χ3n) is 3.99. The Balaban J connectivity index is 2.23. The maximum Gasteiger partial charge on any atom is 0.311 e. The minimum absolute atomic E-state index is 0.189. The number of nitrogens with one attached hydrogen (secondary N) is 1. The highest BCUT2D eigenvalue weighted by molar-refractivity contribution is 5.92. The lowest BCUT2D eigenvalue weighted by Gasteiger charge is -2.39. The SMILES string of the molecule is CCC1(C(=O)O)CCCN(C(=O)c2cccc(=O)[nH]2)C1. The van der Waals surface area contributed by atoms with E-state index in [4.69, 9.17) is 0 Å². The number of rotatable bonds is 3. The number of amides is 1. The highest BCUT2D eigenvalue weighted by Gasteiger charge is 2.42. The van der Waals surface area contributed by atoms with Crippen LogP contribution in [0.4, 0.5) is 0 Å². The van der Waals surface area contributed by atoms with Crippen molar-refractivity contribution >= 4 is 11.9 Å². The van der Waals surface area contributed by atoms with E-state index >= 15 is 0 Å². The van der Waals surface area contributed by atoms with Crippen molar-refractivity contribution in [2.45, 2.75) is 26.2 Å². The van der Waals surface area contributed by atoms with Crippen LogP contribution in [0.5, 0.6) is 0 Å². The number of H-pyrrole nitrogens is 1. The number of hydrogen-bond donors (Lipinski definition) is 2. The molecule has 1 fully saturated rings. The lowest BCUT2D eigenvalue weighted by atomic mass is 9.77. The molecule has 0 aromatic carbocycles. The van der Waals surface area contributed by atoms with Crippen LogP contribution in [0.2, 0.25) is 0 Å². The fourth-order valence-corrected chi connectivity index (χ4v) is 2.66. The Kier molecular flexibility index (Phi) is 3.92. The molecule has 6 heteroatoms. The van der Waals surface area contributed by atoms with E-state index in [2.05, 4.69) is 4.98 Å². The quantitative estimate of drug-likeness (QED) is 0.866. The zero-order valence-corrected chi connectivity index (χ0v) is 11.4. The molecular weight excluding hydrogens is 260 g/mol. The number of nitrogens with zero attached hydrogens (tertiary/aromatic N) is 1. The number of piperidine rings is 1. The van der Waals surface area contributed by atoms with E-state index < -0.39 is 11.4 Å². The second-order valence-corrected chi connectivity index (χ2v) is 5.20. The van der Waals surface area contributed by atoms with Gasteiger partial charge in [-0.05, 0) is 25.3 Å². The van der Waals surface area contributed by atoms with Crippen LogP contribution in [0.1, 0.15) is 36.7 Å². The smallest absolute Gasteiger partial charge is 0.311 e. The minimum Gasteiger partial charge on any atom is -0.481 e. The molecule has 108 valence electrons. The predicted octanol–water partition coefficient (Wildman–Crippen LogP) is 1.09. The zero-order chi connectivity index (χ0) is 14.8. The number of carbonyl (C=O) groups is 2. The van der Waals surface area contributed by atoms with Crippen LogP contribution in [0.15, 0.2) is 23.0 Å². The molecule has 0 aliphatic carbocycles. The molecule has 2 rings (SSSR count). The van der Waals surface area contributed by atoms with E-state index in [0.717, 1.165) is 0 Å². The third-order valence-corrected chi connectivity index (χ3v) is 3.99. The van der Waals surface area contributed by atoms with Gasteiger partial charge in [-0.2, -0.15) is 0 Å². The summed E-state index contributed by atoms with van der Waals surface area (Å²) < 4.78 is 0. The van der Waals surface area contributed by atoms with Gasteiger partial charge in [0.05, 0.1) is 5.41 Å². The maximum absolute atomic E-state index is 12.3. The van der Waals surface area contributed by atoms with Crippen LogP contribution in [0.25, 0.3) is 0 Å². The van der Waals surface area contributed by atoms with Crippen LogP contribution in [-0.4, -0.2) is 40.0 Å². The minimum atomic E-state index is -0.872. The van der Waals surface area contributed by atoms with Gasteiger partial charge in [0.1, 0.15) is 5.69 Å². The largest absolute Gasteiger partial charge is 0.481 e. The van der Waals surface area contributed by atoms with Crippen molar-refractivity contribution in [2.24, 2.45) is 5.41 Å². The number of carboxylic acids is 1. The van der Waals surface area contributed by atoms with E-state index in [1.54, 1.807) is 0 Å². The Morgan fingerprint density at radius 2 is 2.20 bits per heavy atom. The van der Waals surface area contributed by atoms with Crippen molar-refractivity contribution in [1.82, 2.24) is 9.88 Å². The lowest BCUT2D eigenvalue weighted by Crippen LogP contribution is -2.49. The Morgan fingerprint density at radius 3 is 2.80 bits per heavy atom. The Hall–Kier alpha value is -2.11. The number of aromatic amines is 1. The molecule has 1 atom stereocenters. The first kappa shape index (κ1) is 14.3. The fourth-order valence-electron chi connectivity index (χ4n) is 2.66. The molecule has 6 nitrogen and oxygen atoms in total. The summed E-state index contributed by atoms with van der Waals surface area (Å²) in [5, 5.41) is 9.41. The summed E-state index contributed by atoms with van der Waals surface area (Å²) in [6.45, 7) is 2.53. The second kappa shape index (κ2) is 5.48. The molecule has 20 heavy (non-hydrogen) atoms. The van der Waals surface area contributed by atoms with Crippen LogP contribution >= 0.6 is 0 Å². The number of hydrogen-bond acceptors (Lipinski definition) is 3. The van der Waals surface area contributed by atoms with Gasteiger partial charge in [0.25, 0.3) is 5.91 Å². The highest BCUT2D eigenvalue weighted by atomic mass is 16.4. The molecule has 0 bridgehead atoms. The molecule has 1 aromatic rings. The first-order chi connectivity index (χ1) is 9.48. The summed E-state index contributed by atoms with van der Waals surface area (Å²) in [5.74, 6) is -1.18. The molecule has 2 heterocycles. The molecule has 1 saturated heterocycles. The number of aliphatic carboxylic acids is 1. The lowest BCUT2D eigenvalue weighted by molar-refractivity contribution is -0.152. The summed E-state index contributed by atoms with van der Waals surface area (Å²) in [6.07, 6.45) is 1.72. The molecule has 0 saturated carbocycles. The topological polar surface area (TPSA) is 90.5 Å². The van der Waals surface area contributed by atoms with Gasteiger partial charge >= 0.3 is 5.97 Å². The Bertz CT molecular complexity index is 581. The van der Waals surface area contributed by atoms with Gasteiger partial charge in [-0.3, -0.25) is 14.4 Å². The van der Waals surface area contributed by atoms with Gasteiger partial charge in [0.15, 0.2) is 0 Å². The first-order valence-electron chi connectivity index (χ1n) is 6.70. The molecule has 0 radical (unpaired) electrons. The second-order valence-electron chi connectivity index (χ2n) is 5.20. The van der Waals surface area contributed by atoms with Crippen molar-refractivity contribution < 1.29 is 14.7 Å². The summed E-state index contributed by atoms with van der Waals surface area (Å²) in [4.78, 5) is 39.1. The van der Waals surface area contributed by atoms with Gasteiger partial charge in [-0.25, -0.2) is 0 Å². The van der Waals surface area contributed by atoms with Crippen LogP contribution in [-0.2, 0) is 4.79 Å². The van der Waals surface area contributed by atoms with Gasteiger partial charge in [0.2, 0.25) is 5.56 Å². The molecule has 1 aliphatic heterocycles. The number of likely N-dealkylation sites (tertiary alicyclic amines) is 1. The third kappa shape index (κ3) is 2.59. The van der Waals surface area contributed by atoms with Crippen molar-refractivity contribution in [3.05, 3.63) is 34.2 Å². The summed E-state index contributed by atoms with van der Waals surface area (Å²) in [7, 11) is 0. The standard InChI is InChI=1S/C14H18N2O4/c1-2-14(13(19)20)7-4-8-16(9-14)12(18)10-5-3-6-11(17)15-10/h3,5-6H,2,4,7-9H2,1H3,(H,15,17)(H,19,20). The molecule has 1 unspecified atom stereocenters. The maximum atomic E-state index is 12.3. The van der Waals surface area contributed by atoms with Crippen molar-refractivity contribution in [3.63, 3.8) is 0 Å². The molecule has 1 amide bonds. The molecule has 1 aliphatic rings. The number of aromatic nitrogens is 1. The van der Waals surface area contributed by atoms with Crippen molar-refractivity contribution in [2.75, 3.05) is 13.1 Å². The summed E-state index contributed by atoms with van der Waals surface area (Å²) in [5.41, 5.74) is -1.01. The number of pyridine rings is 1.